The summed E-state index contributed by atoms with van der Waals surface area (Å²) in [6.07, 6.45) is -0.814. The number of nitrogens with one attached hydrogen (secondary N) is 6. The molecule has 0 unspecified atom stereocenters. The molecule has 0 radical (unpaired) electrons. The summed E-state index contributed by atoms with van der Waals surface area (Å²) >= 11 is 0. The van der Waals surface area contributed by atoms with Crippen molar-refractivity contribution in [1.29, 1.82) is 0 Å². The fraction of sp³-hybridized carbons (Fsp3) is 0.390. The summed E-state index contributed by atoms with van der Waals surface area (Å²) in [6.45, 7) is 1.69. The van der Waals surface area contributed by atoms with Gasteiger partial charge in [-0.25, -0.2) is 14.4 Å². The number of fused-ring (bicyclic) bond motifs is 1. The first-order valence-electron chi connectivity index (χ1n) is 20.0. The van der Waals surface area contributed by atoms with Crippen LogP contribution in [0.1, 0.15) is 43.5 Å². The monoisotopic (exact) mass is 876 g/mol. The van der Waals surface area contributed by atoms with Crippen LogP contribution in [-0.2, 0) is 36.8 Å². The quantitative estimate of drug-likeness (QED) is 0.0469. The molecule has 2 aromatic heterocycles. The van der Waals surface area contributed by atoms with Gasteiger partial charge in [0.05, 0.1) is 12.1 Å². The van der Waals surface area contributed by atoms with E-state index in [1.165, 1.54) is 26.1 Å². The lowest BCUT2D eigenvalue weighted by Crippen LogP contribution is -2.62. The first-order chi connectivity index (χ1) is 30.0. The van der Waals surface area contributed by atoms with Crippen molar-refractivity contribution in [3.05, 3.63) is 111 Å². The molecule has 338 valence electrons. The molecular weight excluding hydrogens is 825 g/mol. The van der Waals surface area contributed by atoms with Crippen LogP contribution in [0.15, 0.2) is 88.5 Å². The zero-order valence-electron chi connectivity index (χ0n) is 34.4. The normalized spacial score (nSPS) is 19.0. The number of rotatable bonds is 19. The number of benzene rings is 2. The van der Waals surface area contributed by atoms with Crippen molar-refractivity contribution in [2.45, 2.75) is 87.7 Å². The van der Waals surface area contributed by atoms with Crippen LogP contribution >= 0.6 is 0 Å². The summed E-state index contributed by atoms with van der Waals surface area (Å²) in [5.41, 5.74) is 12.2. The van der Waals surface area contributed by atoms with Crippen molar-refractivity contribution >= 4 is 40.6 Å². The summed E-state index contributed by atoms with van der Waals surface area (Å²) in [4.78, 5) is 97.7. The highest BCUT2D eigenvalue weighted by atomic mass is 16.6. The number of H-pyrrole nitrogens is 2. The number of nitrogens with zero attached hydrogens (tertiary/aromatic N) is 2. The lowest BCUT2D eigenvalue weighted by Gasteiger charge is -2.34. The van der Waals surface area contributed by atoms with E-state index in [2.05, 4.69) is 26.3 Å². The SMILES string of the molecule is C[C@@H]([C@H](NC(=O)[C@H](CCCCN)NC(=O)N[C@@H](Cc1c[nH]c2ccccc12)C(=O)O)C(=O)N/C=C1\O[C@@H](n2ccc(=O)[nH]c2=O)[C@H](O)[C@@H]1O)N(C)C(=O)[C@@H](N)Cc1cccc(O)c1. The molecule has 0 saturated carbocycles. The number of amides is 5. The second-order valence-electron chi connectivity index (χ2n) is 15.1. The first-order valence-corrected chi connectivity index (χ1v) is 20.0. The van der Waals surface area contributed by atoms with E-state index >= 15 is 0 Å². The van der Waals surface area contributed by atoms with Crippen LogP contribution in [0.2, 0.25) is 0 Å². The van der Waals surface area contributed by atoms with Crippen LogP contribution in [-0.4, -0.2) is 126 Å². The maximum atomic E-state index is 14.1. The number of ether oxygens (including phenoxy) is 1. The zero-order chi connectivity index (χ0) is 46.0. The maximum absolute atomic E-state index is 14.1. The number of likely N-dealkylation sites (N-methyl/N-ethyl adjacent to an activating group) is 1. The van der Waals surface area contributed by atoms with Crippen LogP contribution < -0.4 is 44.0 Å². The third-order valence-corrected chi connectivity index (χ3v) is 10.6. The molecular formula is C41H52N10O12. The molecule has 0 aliphatic carbocycles. The van der Waals surface area contributed by atoms with E-state index in [0.717, 1.165) is 38.8 Å². The molecule has 5 rings (SSSR count). The number of unbranched alkanes of at least 4 members (excludes halogenated alkanes) is 1. The van der Waals surface area contributed by atoms with E-state index in [4.69, 9.17) is 16.2 Å². The number of carbonyl (C=O) groups is 5. The lowest BCUT2D eigenvalue weighted by atomic mass is 10.0. The van der Waals surface area contributed by atoms with Gasteiger partial charge in [-0.2, -0.15) is 0 Å². The number of aromatic nitrogens is 3. The van der Waals surface area contributed by atoms with Gasteiger partial charge in [0.25, 0.3) is 5.56 Å². The van der Waals surface area contributed by atoms with Gasteiger partial charge >= 0.3 is 17.7 Å². The minimum absolute atomic E-state index is 0.00336. The number of carbonyl (C=O) groups excluding carboxylic acids is 4. The number of aromatic amines is 2. The maximum Gasteiger partial charge on any atom is 0.331 e. The number of phenols is 1. The lowest BCUT2D eigenvalue weighted by molar-refractivity contribution is -0.139. The number of carboxylic acids is 1. The van der Waals surface area contributed by atoms with Crippen LogP contribution in [0, 0.1) is 0 Å². The standard InChI is InChI=1S/C41H52N10O12/c1-21(50(2)37(58)26(43)17-22-8-7-9-24(52)16-22)32(36(57)45-20-30-33(54)34(55)38(63-30)51-15-13-31(53)48-41(51)62)49-35(56)28(12-5-6-14-42)46-40(61)47-29(39(59)60)18-23-19-44-27-11-4-3-10-25(23)27/h3-4,7-11,13,15-16,19-21,26,28-29,32-34,38,44,52,54-55H,5-6,12,14,17-18,42-43H2,1-2H3,(H,45,57)(H,49,56)(H,59,60)(H2,46,47,61)(H,48,53,62)/b30-20-/t21-,26-,28-,29-,32-,33+,34+,38+/m0/s1. The van der Waals surface area contributed by atoms with Gasteiger partial charge in [-0.3, -0.25) is 28.7 Å². The number of urea groups is 1. The summed E-state index contributed by atoms with van der Waals surface area (Å²) < 4.78 is 6.40. The average molecular weight is 877 g/mol. The van der Waals surface area contributed by atoms with E-state index in [1.54, 1.807) is 30.5 Å². The Bertz CT molecular complexity index is 2430. The van der Waals surface area contributed by atoms with Gasteiger partial charge in [0.1, 0.15) is 41.8 Å². The summed E-state index contributed by atoms with van der Waals surface area (Å²) in [7, 11) is 1.34. The average Bonchev–Trinajstić information content (AvgIpc) is 3.78. The number of aliphatic hydroxyl groups excluding tert-OH is 2. The first kappa shape index (κ1) is 47.0. The molecule has 1 aliphatic rings. The van der Waals surface area contributed by atoms with Crippen LogP contribution in [0.25, 0.3) is 10.9 Å². The number of nitrogens with two attached hydrogens (primary N) is 2. The topological polar surface area (TPSA) is 350 Å². The molecule has 0 bridgehead atoms. The molecule has 1 fully saturated rings. The molecule has 22 heteroatoms. The molecule has 1 saturated heterocycles. The van der Waals surface area contributed by atoms with Crippen molar-refractivity contribution in [2.75, 3.05) is 13.6 Å². The molecule has 1 aliphatic heterocycles. The number of aliphatic hydroxyl groups is 2. The van der Waals surface area contributed by atoms with Crippen LogP contribution in [0.5, 0.6) is 5.75 Å². The van der Waals surface area contributed by atoms with Crippen molar-refractivity contribution < 1.29 is 49.1 Å². The number of hydrogen-bond acceptors (Lipinski definition) is 13. The number of aromatic hydroxyl groups is 1. The van der Waals surface area contributed by atoms with E-state index in [-0.39, 0.29) is 31.6 Å². The Balaban J connectivity index is 1.37. The summed E-state index contributed by atoms with van der Waals surface area (Å²) in [5, 5.41) is 52.0. The molecule has 2 aromatic carbocycles. The number of para-hydroxylation sites is 1. The summed E-state index contributed by atoms with van der Waals surface area (Å²) in [5.74, 6) is -4.33. The minimum atomic E-state index is -1.78. The zero-order valence-corrected chi connectivity index (χ0v) is 34.4. The van der Waals surface area contributed by atoms with Crippen molar-refractivity contribution in [1.82, 2.24) is 40.7 Å². The predicted octanol–water partition coefficient (Wildman–Crippen LogP) is -1.67. The fourth-order valence-electron chi connectivity index (χ4n) is 7.01. The van der Waals surface area contributed by atoms with Gasteiger partial charge in [0.15, 0.2) is 0 Å². The Morgan fingerprint density at radius 1 is 0.968 bits per heavy atom. The predicted molar refractivity (Wildman–Crippen MR) is 225 cm³/mol. The molecule has 22 nitrogen and oxygen atoms in total. The number of carboxylic acid groups (broad SMARTS) is 1. The van der Waals surface area contributed by atoms with Gasteiger partial charge in [-0.15, -0.1) is 0 Å². The van der Waals surface area contributed by atoms with E-state index in [0.29, 0.717) is 24.0 Å². The molecule has 63 heavy (non-hydrogen) atoms. The second-order valence-corrected chi connectivity index (χ2v) is 15.1. The highest BCUT2D eigenvalue weighted by Gasteiger charge is 2.42. The van der Waals surface area contributed by atoms with Gasteiger partial charge in [-0.05, 0) is 68.5 Å². The Kier molecular flexibility index (Phi) is 15.8. The van der Waals surface area contributed by atoms with Gasteiger partial charge in [0.2, 0.25) is 23.9 Å². The molecule has 0 spiro atoms. The number of phenolic OH excluding ortho intramolecular Hbond substituents is 1. The van der Waals surface area contributed by atoms with Gasteiger partial charge in [-0.1, -0.05) is 30.3 Å². The fourth-order valence-corrected chi connectivity index (χ4v) is 7.01. The highest BCUT2D eigenvalue weighted by Crippen LogP contribution is 2.30. The van der Waals surface area contributed by atoms with E-state index < -0.39 is 95.4 Å². The molecule has 14 N–H and O–H groups in total. The van der Waals surface area contributed by atoms with E-state index in [1.807, 2.05) is 17.1 Å². The Hall–Kier alpha value is -7.01. The molecule has 8 atom stereocenters. The molecule has 5 amide bonds. The van der Waals surface area contributed by atoms with Crippen LogP contribution in [0.3, 0.4) is 0 Å². The second kappa shape index (κ2) is 21.2. The Morgan fingerprint density at radius 3 is 2.40 bits per heavy atom. The largest absolute Gasteiger partial charge is 0.508 e. The molecule has 3 heterocycles. The number of aliphatic carboxylic acids is 1. The minimum Gasteiger partial charge on any atom is -0.508 e. The third-order valence-electron chi connectivity index (χ3n) is 10.6. The van der Waals surface area contributed by atoms with Crippen molar-refractivity contribution in [3.63, 3.8) is 0 Å². The van der Waals surface area contributed by atoms with Crippen LogP contribution in [0.4, 0.5) is 4.79 Å². The van der Waals surface area contributed by atoms with Gasteiger partial charge < -0.3 is 67.8 Å². The van der Waals surface area contributed by atoms with Crippen molar-refractivity contribution in [2.24, 2.45) is 11.5 Å². The smallest absolute Gasteiger partial charge is 0.331 e. The Morgan fingerprint density at radius 2 is 1.70 bits per heavy atom. The van der Waals surface area contributed by atoms with Crippen molar-refractivity contribution in [3.8, 4) is 5.75 Å². The highest BCUT2D eigenvalue weighted by molar-refractivity contribution is 5.94. The molecule has 4 aromatic rings. The Labute approximate surface area is 359 Å². The third kappa shape index (κ3) is 11.9. The number of hydrogen-bond donors (Lipinski definition) is 12. The summed E-state index contributed by atoms with van der Waals surface area (Å²) in [6, 6.07) is 6.59. The van der Waals surface area contributed by atoms with E-state index in [9.17, 15) is 54.0 Å². The van der Waals surface area contributed by atoms with Gasteiger partial charge in [0, 0.05) is 49.0 Å².